The quantitative estimate of drug-likeness (QED) is 0.634. The number of carbonyl (C=O) groups excluding carboxylic acids is 1. The average molecular weight is 432 g/mol. The van der Waals surface area contributed by atoms with Crippen LogP contribution in [0.1, 0.15) is 21.6 Å². The number of sulfonamides is 1. The summed E-state index contributed by atoms with van der Waals surface area (Å²) in [5, 5.41) is 5.82. The summed E-state index contributed by atoms with van der Waals surface area (Å²) in [6.45, 7) is 4.85. The minimum Gasteiger partial charge on any atom is -0.355 e. The van der Waals surface area contributed by atoms with Crippen LogP contribution in [0.15, 0.2) is 51.2 Å². The molecule has 0 aliphatic carbocycles. The third kappa shape index (κ3) is 3.85. The van der Waals surface area contributed by atoms with Gasteiger partial charge < -0.3 is 9.42 Å². The number of carbonyl (C=O) groups is 1. The maximum Gasteiger partial charge on any atom is 0.276 e. The van der Waals surface area contributed by atoms with E-state index < -0.39 is 10.0 Å². The van der Waals surface area contributed by atoms with Crippen LogP contribution in [0.2, 0.25) is 0 Å². The number of rotatable bonds is 4. The highest BCUT2D eigenvalue weighted by Crippen LogP contribution is 2.26. The van der Waals surface area contributed by atoms with Gasteiger partial charge >= 0.3 is 0 Å². The number of piperazine rings is 1. The largest absolute Gasteiger partial charge is 0.355 e. The molecule has 0 N–H and O–H groups in total. The summed E-state index contributed by atoms with van der Waals surface area (Å²) in [6.07, 6.45) is 0. The van der Waals surface area contributed by atoms with Crippen LogP contribution in [-0.2, 0) is 10.0 Å². The molecular weight excluding hydrogens is 410 g/mol. The van der Waals surface area contributed by atoms with Gasteiger partial charge in [-0.3, -0.25) is 4.79 Å². The Hall–Kier alpha value is -2.49. The van der Waals surface area contributed by atoms with Crippen molar-refractivity contribution >= 4 is 27.3 Å². The Morgan fingerprint density at radius 1 is 1.10 bits per heavy atom. The van der Waals surface area contributed by atoms with E-state index in [1.54, 1.807) is 30.0 Å². The van der Waals surface area contributed by atoms with E-state index >= 15 is 0 Å². The molecule has 7 nitrogen and oxygen atoms in total. The number of hydrogen-bond donors (Lipinski definition) is 0. The van der Waals surface area contributed by atoms with Gasteiger partial charge in [0.1, 0.15) is 0 Å². The third-order valence-electron chi connectivity index (χ3n) is 4.97. The van der Waals surface area contributed by atoms with Crippen molar-refractivity contribution in [3.63, 3.8) is 0 Å². The summed E-state index contributed by atoms with van der Waals surface area (Å²) in [7, 11) is -3.59. The first-order valence-corrected chi connectivity index (χ1v) is 11.6. The predicted octanol–water partition coefficient (Wildman–Crippen LogP) is 3.17. The zero-order chi connectivity index (χ0) is 20.6. The van der Waals surface area contributed by atoms with E-state index in [4.69, 9.17) is 4.52 Å². The molecule has 9 heteroatoms. The first kappa shape index (κ1) is 19.8. The zero-order valence-corrected chi connectivity index (χ0v) is 17.8. The van der Waals surface area contributed by atoms with Gasteiger partial charge in [0.2, 0.25) is 10.0 Å². The molecule has 29 heavy (non-hydrogen) atoms. The second-order valence-corrected chi connectivity index (χ2v) is 9.87. The molecule has 1 aliphatic rings. The topological polar surface area (TPSA) is 83.7 Å². The minimum absolute atomic E-state index is 0.235. The molecule has 0 spiro atoms. The van der Waals surface area contributed by atoms with Gasteiger partial charge in [0.25, 0.3) is 5.91 Å². The number of aryl methyl sites for hydroxylation is 2. The van der Waals surface area contributed by atoms with Crippen molar-refractivity contribution in [2.75, 3.05) is 26.2 Å². The molecule has 0 bridgehead atoms. The van der Waals surface area contributed by atoms with E-state index in [2.05, 4.69) is 5.16 Å². The number of benzene rings is 1. The maximum atomic E-state index is 13.0. The van der Waals surface area contributed by atoms with Crippen molar-refractivity contribution in [1.29, 1.82) is 0 Å². The standard InChI is InChI=1S/C20H21N3O4S2/c1-14-5-6-19(15(2)12-14)29(25,26)23-9-7-22(8-10-23)20(24)16-13-17(27-21-16)18-4-3-11-28-18/h3-6,11-13H,7-10H2,1-2H3. The first-order chi connectivity index (χ1) is 13.9. The average Bonchev–Trinajstić information content (AvgIpc) is 3.39. The van der Waals surface area contributed by atoms with E-state index in [1.807, 2.05) is 30.5 Å². The number of amides is 1. The molecule has 0 unspecified atom stereocenters. The molecule has 3 heterocycles. The molecule has 1 amide bonds. The smallest absolute Gasteiger partial charge is 0.276 e. The van der Waals surface area contributed by atoms with Gasteiger partial charge in [-0.2, -0.15) is 4.31 Å². The molecule has 0 saturated carbocycles. The molecular formula is C20H21N3O4S2. The Bertz CT molecular complexity index is 1130. The lowest BCUT2D eigenvalue weighted by molar-refractivity contribution is 0.0687. The van der Waals surface area contributed by atoms with E-state index in [0.29, 0.717) is 23.7 Å². The molecule has 1 aliphatic heterocycles. The van der Waals surface area contributed by atoms with E-state index in [1.165, 1.54) is 15.6 Å². The SMILES string of the molecule is Cc1ccc(S(=O)(=O)N2CCN(C(=O)c3cc(-c4cccs4)on3)CC2)c(C)c1. The van der Waals surface area contributed by atoms with Crippen LogP contribution in [0.5, 0.6) is 0 Å². The molecule has 1 fully saturated rings. The molecule has 152 valence electrons. The van der Waals surface area contributed by atoms with Gasteiger partial charge in [0, 0.05) is 32.2 Å². The van der Waals surface area contributed by atoms with Gasteiger partial charge in [-0.25, -0.2) is 8.42 Å². The van der Waals surface area contributed by atoms with Gasteiger partial charge in [-0.15, -0.1) is 11.3 Å². The number of thiophene rings is 1. The molecule has 1 aromatic carbocycles. The van der Waals surface area contributed by atoms with Crippen molar-refractivity contribution in [1.82, 2.24) is 14.4 Å². The predicted molar refractivity (Wildman–Crippen MR) is 110 cm³/mol. The number of aromatic nitrogens is 1. The lowest BCUT2D eigenvalue weighted by Gasteiger charge is -2.33. The summed E-state index contributed by atoms with van der Waals surface area (Å²) in [4.78, 5) is 15.6. The summed E-state index contributed by atoms with van der Waals surface area (Å²) in [5.41, 5.74) is 1.98. The third-order valence-corrected chi connectivity index (χ3v) is 7.91. The zero-order valence-electron chi connectivity index (χ0n) is 16.2. The highest BCUT2D eigenvalue weighted by molar-refractivity contribution is 7.89. The van der Waals surface area contributed by atoms with E-state index in [9.17, 15) is 13.2 Å². The number of nitrogens with zero attached hydrogens (tertiary/aromatic N) is 3. The lowest BCUT2D eigenvalue weighted by atomic mass is 10.2. The summed E-state index contributed by atoms with van der Waals surface area (Å²) >= 11 is 1.51. The lowest BCUT2D eigenvalue weighted by Crippen LogP contribution is -2.50. The Balaban J connectivity index is 1.44. The van der Waals surface area contributed by atoms with Gasteiger partial charge in [0.15, 0.2) is 11.5 Å². The molecule has 3 aromatic rings. The van der Waals surface area contributed by atoms with Crippen molar-refractivity contribution in [2.45, 2.75) is 18.7 Å². The van der Waals surface area contributed by atoms with Gasteiger partial charge in [0.05, 0.1) is 9.77 Å². The summed E-state index contributed by atoms with van der Waals surface area (Å²) < 4.78 is 32.7. The maximum absolute atomic E-state index is 13.0. The molecule has 0 atom stereocenters. The molecule has 2 aromatic heterocycles. The highest BCUT2D eigenvalue weighted by Gasteiger charge is 2.32. The van der Waals surface area contributed by atoms with Crippen molar-refractivity contribution in [2.24, 2.45) is 0 Å². The van der Waals surface area contributed by atoms with Gasteiger partial charge in [-0.05, 0) is 36.9 Å². The van der Waals surface area contributed by atoms with Crippen molar-refractivity contribution < 1.29 is 17.7 Å². The van der Waals surface area contributed by atoms with E-state index in [0.717, 1.165) is 16.0 Å². The van der Waals surface area contributed by atoms with Crippen LogP contribution in [-0.4, -0.2) is 54.9 Å². The second-order valence-electron chi connectivity index (χ2n) is 7.02. The van der Waals surface area contributed by atoms with Gasteiger partial charge in [-0.1, -0.05) is 28.9 Å². The molecule has 1 saturated heterocycles. The van der Waals surface area contributed by atoms with Crippen LogP contribution in [0.3, 0.4) is 0 Å². The Morgan fingerprint density at radius 3 is 2.52 bits per heavy atom. The van der Waals surface area contributed by atoms with Crippen molar-refractivity contribution in [3.8, 4) is 10.6 Å². The van der Waals surface area contributed by atoms with Crippen LogP contribution < -0.4 is 0 Å². The second kappa shape index (κ2) is 7.74. The fourth-order valence-electron chi connectivity index (χ4n) is 3.43. The Morgan fingerprint density at radius 2 is 1.86 bits per heavy atom. The molecule has 4 rings (SSSR count). The molecule has 0 radical (unpaired) electrons. The van der Waals surface area contributed by atoms with E-state index in [-0.39, 0.29) is 24.7 Å². The Kier molecular flexibility index (Phi) is 5.28. The first-order valence-electron chi connectivity index (χ1n) is 9.23. The monoisotopic (exact) mass is 431 g/mol. The van der Waals surface area contributed by atoms with Crippen LogP contribution in [0, 0.1) is 13.8 Å². The number of hydrogen-bond acceptors (Lipinski definition) is 6. The fourth-order valence-corrected chi connectivity index (χ4v) is 5.73. The summed E-state index contributed by atoms with van der Waals surface area (Å²) in [5.74, 6) is 0.305. The van der Waals surface area contributed by atoms with Crippen LogP contribution in [0.4, 0.5) is 0 Å². The van der Waals surface area contributed by atoms with Crippen LogP contribution >= 0.6 is 11.3 Å². The summed E-state index contributed by atoms with van der Waals surface area (Å²) in [6, 6.07) is 10.7. The minimum atomic E-state index is -3.59. The highest BCUT2D eigenvalue weighted by atomic mass is 32.2. The fraction of sp³-hybridized carbons (Fsp3) is 0.300. The normalized spacial score (nSPS) is 15.6. The Labute approximate surface area is 173 Å². The van der Waals surface area contributed by atoms with Crippen molar-refractivity contribution in [3.05, 3.63) is 58.6 Å². The van der Waals surface area contributed by atoms with Crippen LogP contribution in [0.25, 0.3) is 10.6 Å².